The van der Waals surface area contributed by atoms with Crippen LogP contribution < -0.4 is 16.2 Å². The Kier molecular flexibility index (Phi) is 4.48. The van der Waals surface area contributed by atoms with Gasteiger partial charge in [-0.25, -0.2) is 15.8 Å². The molecule has 0 saturated heterocycles. The average Bonchev–Trinajstić information content (AvgIpc) is 2.36. The van der Waals surface area contributed by atoms with E-state index < -0.39 is 5.54 Å². The first-order chi connectivity index (χ1) is 8.35. The number of anilines is 2. The van der Waals surface area contributed by atoms with Crippen molar-refractivity contribution in [1.29, 1.82) is 0 Å². The van der Waals surface area contributed by atoms with Gasteiger partial charge in [-0.2, -0.15) is 0 Å². The molecule has 0 spiro atoms. The van der Waals surface area contributed by atoms with Gasteiger partial charge in [-0.05, 0) is 19.8 Å². The Morgan fingerprint density at radius 1 is 1.44 bits per heavy atom. The molecule has 0 amide bonds. The van der Waals surface area contributed by atoms with E-state index in [-0.39, 0.29) is 12.5 Å². The molecule has 1 heterocycles. The zero-order valence-corrected chi connectivity index (χ0v) is 11.7. The van der Waals surface area contributed by atoms with Crippen molar-refractivity contribution in [2.24, 2.45) is 5.84 Å². The van der Waals surface area contributed by atoms with Crippen molar-refractivity contribution in [2.45, 2.75) is 39.2 Å². The number of nitrogens with zero attached hydrogens (tertiary/aromatic N) is 3. The van der Waals surface area contributed by atoms with E-state index in [4.69, 9.17) is 5.84 Å². The van der Waals surface area contributed by atoms with E-state index >= 15 is 0 Å². The van der Waals surface area contributed by atoms with Crippen molar-refractivity contribution < 1.29 is 5.11 Å². The van der Waals surface area contributed by atoms with Crippen molar-refractivity contribution >= 4 is 11.6 Å². The fourth-order valence-corrected chi connectivity index (χ4v) is 1.69. The average molecular weight is 253 g/mol. The Balaban J connectivity index is 3.32. The molecule has 1 rings (SSSR count). The smallest absolute Gasteiger partial charge is 0.148 e. The standard InChI is InChI=1S/C12H23N5O/c1-8(2)9-10(16-13)14-7-15-11(9)17(5)12(3,4)6-18/h7-8,18H,6,13H2,1-5H3,(H,14,15,16). The number of hydrogen-bond acceptors (Lipinski definition) is 6. The molecular weight excluding hydrogens is 230 g/mol. The summed E-state index contributed by atoms with van der Waals surface area (Å²) < 4.78 is 0. The van der Waals surface area contributed by atoms with E-state index in [2.05, 4.69) is 29.2 Å². The molecule has 0 unspecified atom stereocenters. The lowest BCUT2D eigenvalue weighted by molar-refractivity contribution is 0.215. The summed E-state index contributed by atoms with van der Waals surface area (Å²) in [6.07, 6.45) is 1.47. The van der Waals surface area contributed by atoms with Gasteiger partial charge in [0.15, 0.2) is 0 Å². The SMILES string of the molecule is CC(C)c1c(NN)ncnc1N(C)C(C)(C)CO. The van der Waals surface area contributed by atoms with Crippen LogP contribution in [0.4, 0.5) is 11.6 Å². The quantitative estimate of drug-likeness (QED) is 0.538. The van der Waals surface area contributed by atoms with Gasteiger partial charge < -0.3 is 15.4 Å². The molecule has 18 heavy (non-hydrogen) atoms. The first kappa shape index (κ1) is 14.7. The van der Waals surface area contributed by atoms with Gasteiger partial charge in [0.05, 0.1) is 12.1 Å². The highest BCUT2D eigenvalue weighted by Crippen LogP contribution is 2.32. The monoisotopic (exact) mass is 253 g/mol. The number of nitrogens with two attached hydrogens (primary N) is 1. The molecule has 0 fully saturated rings. The van der Waals surface area contributed by atoms with E-state index in [0.29, 0.717) is 5.82 Å². The van der Waals surface area contributed by atoms with E-state index in [0.717, 1.165) is 11.4 Å². The van der Waals surface area contributed by atoms with Crippen LogP contribution >= 0.6 is 0 Å². The molecule has 0 saturated carbocycles. The van der Waals surface area contributed by atoms with E-state index in [1.165, 1.54) is 6.33 Å². The Bertz CT molecular complexity index is 405. The molecule has 6 heteroatoms. The lowest BCUT2D eigenvalue weighted by Crippen LogP contribution is -2.45. The van der Waals surface area contributed by atoms with Gasteiger partial charge >= 0.3 is 0 Å². The summed E-state index contributed by atoms with van der Waals surface area (Å²) in [4.78, 5) is 10.4. The molecule has 0 aliphatic heterocycles. The summed E-state index contributed by atoms with van der Waals surface area (Å²) in [5, 5.41) is 9.46. The minimum Gasteiger partial charge on any atom is -0.394 e. The highest BCUT2D eigenvalue weighted by Gasteiger charge is 2.27. The highest BCUT2D eigenvalue weighted by atomic mass is 16.3. The predicted molar refractivity (Wildman–Crippen MR) is 73.5 cm³/mol. The van der Waals surface area contributed by atoms with Gasteiger partial charge in [-0.1, -0.05) is 13.8 Å². The maximum absolute atomic E-state index is 9.46. The number of nitrogen functional groups attached to an aromatic ring is 1. The molecule has 102 valence electrons. The number of aliphatic hydroxyl groups excluding tert-OH is 1. The molecule has 1 aromatic heterocycles. The third-order valence-corrected chi connectivity index (χ3v) is 3.19. The zero-order chi connectivity index (χ0) is 13.9. The lowest BCUT2D eigenvalue weighted by Gasteiger charge is -2.36. The summed E-state index contributed by atoms with van der Waals surface area (Å²) >= 11 is 0. The van der Waals surface area contributed by atoms with Crippen molar-refractivity contribution in [3.63, 3.8) is 0 Å². The highest BCUT2D eigenvalue weighted by molar-refractivity contribution is 5.60. The number of likely N-dealkylation sites (N-methyl/N-ethyl adjacent to an activating group) is 1. The lowest BCUT2D eigenvalue weighted by atomic mass is 10.00. The molecule has 0 aliphatic carbocycles. The molecule has 0 bridgehead atoms. The fraction of sp³-hybridized carbons (Fsp3) is 0.667. The van der Waals surface area contributed by atoms with Crippen LogP contribution in [0.3, 0.4) is 0 Å². The number of rotatable bonds is 5. The number of nitrogens with one attached hydrogen (secondary N) is 1. The van der Waals surface area contributed by atoms with Crippen LogP contribution in [0.5, 0.6) is 0 Å². The second-order valence-corrected chi connectivity index (χ2v) is 5.29. The van der Waals surface area contributed by atoms with E-state index in [1.54, 1.807) is 0 Å². The Morgan fingerprint density at radius 2 is 2.06 bits per heavy atom. The van der Waals surface area contributed by atoms with Crippen molar-refractivity contribution in [2.75, 3.05) is 24.0 Å². The third kappa shape index (κ3) is 2.70. The molecule has 0 atom stereocenters. The van der Waals surface area contributed by atoms with Gasteiger partial charge in [-0.15, -0.1) is 0 Å². The van der Waals surface area contributed by atoms with Gasteiger partial charge in [-0.3, -0.25) is 0 Å². The number of hydrogen-bond donors (Lipinski definition) is 3. The topological polar surface area (TPSA) is 87.3 Å². The van der Waals surface area contributed by atoms with Crippen LogP contribution in [0.2, 0.25) is 0 Å². The van der Waals surface area contributed by atoms with Crippen molar-refractivity contribution in [3.8, 4) is 0 Å². The van der Waals surface area contributed by atoms with Gasteiger partial charge in [0.1, 0.15) is 18.0 Å². The van der Waals surface area contributed by atoms with E-state index in [9.17, 15) is 5.11 Å². The van der Waals surface area contributed by atoms with Crippen molar-refractivity contribution in [1.82, 2.24) is 9.97 Å². The van der Waals surface area contributed by atoms with Crippen LogP contribution in [0.25, 0.3) is 0 Å². The fourth-order valence-electron chi connectivity index (χ4n) is 1.69. The summed E-state index contributed by atoms with van der Waals surface area (Å²) in [5.41, 5.74) is 3.15. The largest absolute Gasteiger partial charge is 0.394 e. The van der Waals surface area contributed by atoms with Crippen LogP contribution in [0.1, 0.15) is 39.2 Å². The maximum atomic E-state index is 9.46. The normalized spacial score (nSPS) is 11.8. The van der Waals surface area contributed by atoms with Gasteiger partial charge in [0.2, 0.25) is 0 Å². The summed E-state index contributed by atoms with van der Waals surface area (Å²) in [6, 6.07) is 0. The van der Waals surface area contributed by atoms with Crippen LogP contribution in [0.15, 0.2) is 6.33 Å². The first-order valence-corrected chi connectivity index (χ1v) is 6.01. The first-order valence-electron chi connectivity index (χ1n) is 6.01. The second-order valence-electron chi connectivity index (χ2n) is 5.29. The maximum Gasteiger partial charge on any atom is 0.148 e. The molecule has 0 aromatic carbocycles. The summed E-state index contributed by atoms with van der Waals surface area (Å²) in [6.45, 7) is 8.06. The zero-order valence-electron chi connectivity index (χ0n) is 11.7. The minimum absolute atomic E-state index is 0.0381. The van der Waals surface area contributed by atoms with Crippen LogP contribution in [-0.4, -0.2) is 34.3 Å². The second kappa shape index (κ2) is 5.49. The summed E-state index contributed by atoms with van der Waals surface area (Å²) in [5.74, 6) is 7.12. The Hall–Kier alpha value is -1.40. The number of aliphatic hydroxyl groups is 1. The molecule has 0 aliphatic rings. The van der Waals surface area contributed by atoms with Gasteiger partial charge in [0.25, 0.3) is 0 Å². The molecule has 0 radical (unpaired) electrons. The minimum atomic E-state index is -0.399. The molecule has 4 N–H and O–H groups in total. The number of aromatic nitrogens is 2. The van der Waals surface area contributed by atoms with Crippen molar-refractivity contribution in [3.05, 3.63) is 11.9 Å². The predicted octanol–water partition coefficient (Wildman–Crippen LogP) is 1.09. The molecule has 6 nitrogen and oxygen atoms in total. The van der Waals surface area contributed by atoms with Crippen LogP contribution in [-0.2, 0) is 0 Å². The Morgan fingerprint density at radius 3 is 2.50 bits per heavy atom. The summed E-state index contributed by atoms with van der Waals surface area (Å²) in [7, 11) is 1.91. The third-order valence-electron chi connectivity index (χ3n) is 3.19. The molecule has 1 aromatic rings. The van der Waals surface area contributed by atoms with Gasteiger partial charge in [0, 0.05) is 12.6 Å². The van der Waals surface area contributed by atoms with E-state index in [1.807, 2.05) is 25.8 Å². The molecular formula is C12H23N5O. The number of hydrazine groups is 1. The Labute approximate surface area is 108 Å². The van der Waals surface area contributed by atoms with Crippen LogP contribution in [0, 0.1) is 0 Å².